The van der Waals surface area contributed by atoms with E-state index in [1.165, 1.54) is 0 Å². The van der Waals surface area contributed by atoms with Gasteiger partial charge in [-0.25, -0.2) is 0 Å². The molecule has 0 aliphatic rings. The Hall–Kier alpha value is -0.240. The Bertz CT molecular complexity index is 70.1. The van der Waals surface area contributed by atoms with E-state index in [0.717, 1.165) is 0 Å². The molecule has 1 radical (unpaired) electrons. The molecule has 0 aromatic heterocycles. The number of carbonyl (C=O) groups excluding carboxylic acids is 1. The first-order valence-corrected chi connectivity index (χ1v) is 2.23. The minimum absolute atomic E-state index is 0.565. The summed E-state index contributed by atoms with van der Waals surface area (Å²) in [6, 6.07) is 0. The molecule has 0 bridgehead atoms. The normalized spacial score (nSPS) is 13.0. The lowest BCUT2D eigenvalue weighted by Gasteiger charge is -1.99. The second-order valence-electron chi connectivity index (χ2n) is 1.03. The van der Waals surface area contributed by atoms with Gasteiger partial charge in [0.25, 0.3) is 0 Å². The third kappa shape index (κ3) is 5.76. The summed E-state index contributed by atoms with van der Waals surface area (Å²) in [7, 11) is 0. The van der Waals surface area contributed by atoms with Gasteiger partial charge in [0, 0.05) is 0 Å². The van der Waals surface area contributed by atoms with E-state index in [0.29, 0.717) is 0 Å². The average Bonchev–Trinajstić information content (AvgIpc) is 1.27. The zero-order chi connectivity index (χ0) is 5.86. The molecular formula is C4H6ClO2. The van der Waals surface area contributed by atoms with Gasteiger partial charge < -0.3 is 4.74 Å². The quantitative estimate of drug-likeness (QED) is 0.381. The predicted octanol–water partition coefficient (Wildman–Crippen LogP) is 0.948. The third-order valence-electron chi connectivity index (χ3n) is 0.294. The second-order valence-corrected chi connectivity index (χ2v) is 1.65. The summed E-state index contributed by atoms with van der Waals surface area (Å²) in [5.41, 5.74) is -0.565. The van der Waals surface area contributed by atoms with Crippen molar-refractivity contribution in [3.63, 3.8) is 0 Å². The first kappa shape index (κ1) is 6.76. The molecule has 2 nitrogen and oxygen atoms in total. The Kier molecular flexibility index (Phi) is 2.76. The van der Waals surface area contributed by atoms with Crippen LogP contribution in [-0.4, -0.2) is 11.5 Å². The monoisotopic (exact) mass is 121 g/mol. The highest BCUT2D eigenvalue weighted by Crippen LogP contribution is 1.93. The predicted molar refractivity (Wildman–Crippen MR) is 26.8 cm³/mol. The van der Waals surface area contributed by atoms with Crippen LogP contribution in [0.25, 0.3) is 0 Å². The molecule has 0 aliphatic carbocycles. The van der Waals surface area contributed by atoms with Gasteiger partial charge in [0.1, 0.15) is 0 Å². The Morgan fingerprint density at radius 2 is 2.43 bits per heavy atom. The van der Waals surface area contributed by atoms with Crippen LogP contribution < -0.4 is 0 Å². The van der Waals surface area contributed by atoms with E-state index >= 15 is 0 Å². The van der Waals surface area contributed by atoms with Crippen molar-refractivity contribution in [3.8, 4) is 0 Å². The van der Waals surface area contributed by atoms with Gasteiger partial charge >= 0.3 is 5.97 Å². The van der Waals surface area contributed by atoms with Crippen LogP contribution >= 0.6 is 11.6 Å². The maximum Gasteiger partial charge on any atom is 0.307 e. The smallest absolute Gasteiger partial charge is 0.307 e. The fraction of sp³-hybridized carbons (Fsp3) is 0.500. The number of halogens is 1. The van der Waals surface area contributed by atoms with Gasteiger partial charge in [-0.2, -0.15) is 0 Å². The first-order chi connectivity index (χ1) is 3.13. The molecule has 0 aromatic rings. The Balaban J connectivity index is 3.13. The number of hydrogen-bond donors (Lipinski definition) is 0. The van der Waals surface area contributed by atoms with E-state index in [1.54, 1.807) is 6.92 Å². The van der Waals surface area contributed by atoms with Crippen LogP contribution in [0.3, 0.4) is 0 Å². The van der Waals surface area contributed by atoms with E-state index < -0.39 is 11.5 Å². The molecule has 1 atom stereocenters. The van der Waals surface area contributed by atoms with Gasteiger partial charge in [-0.15, -0.1) is 0 Å². The summed E-state index contributed by atoms with van der Waals surface area (Å²) >= 11 is 5.19. The molecule has 0 fully saturated rings. The summed E-state index contributed by atoms with van der Waals surface area (Å²) in [5.74, 6) is -0.595. The van der Waals surface area contributed by atoms with Crippen molar-refractivity contribution in [2.24, 2.45) is 0 Å². The minimum Gasteiger partial charge on any atom is -0.446 e. The van der Waals surface area contributed by atoms with Crippen molar-refractivity contribution in [1.82, 2.24) is 0 Å². The summed E-state index contributed by atoms with van der Waals surface area (Å²) in [6.45, 7) is 4.48. The van der Waals surface area contributed by atoms with Crippen molar-refractivity contribution < 1.29 is 9.53 Å². The standard InChI is InChI=1S/C4H6ClO2/c1-3(5)7-4(2)6/h3H,2H2,1H3. The molecule has 7 heavy (non-hydrogen) atoms. The van der Waals surface area contributed by atoms with Gasteiger partial charge in [0.15, 0.2) is 5.56 Å². The van der Waals surface area contributed by atoms with Crippen LogP contribution in [0, 0.1) is 6.92 Å². The van der Waals surface area contributed by atoms with E-state index in [-0.39, 0.29) is 0 Å². The third-order valence-corrected chi connectivity index (χ3v) is 0.383. The number of hydrogen-bond acceptors (Lipinski definition) is 2. The van der Waals surface area contributed by atoms with Crippen LogP contribution in [0.1, 0.15) is 6.92 Å². The van der Waals surface area contributed by atoms with Gasteiger partial charge in [0.2, 0.25) is 0 Å². The number of alkyl halides is 1. The Morgan fingerprint density at radius 1 is 2.00 bits per heavy atom. The largest absolute Gasteiger partial charge is 0.446 e. The van der Waals surface area contributed by atoms with Crippen LogP contribution in [-0.2, 0) is 9.53 Å². The van der Waals surface area contributed by atoms with Crippen molar-refractivity contribution in [2.45, 2.75) is 12.5 Å². The molecule has 0 heterocycles. The second kappa shape index (κ2) is 2.86. The summed E-state index contributed by atoms with van der Waals surface area (Å²) in [4.78, 5) is 9.84. The summed E-state index contributed by atoms with van der Waals surface area (Å²) < 4.78 is 4.27. The maximum absolute atomic E-state index is 9.84. The molecule has 0 N–H and O–H groups in total. The molecule has 0 aromatic carbocycles. The molecule has 41 valence electrons. The molecular weight excluding hydrogens is 115 g/mol. The molecule has 3 heteroatoms. The number of rotatable bonds is 1. The van der Waals surface area contributed by atoms with E-state index in [4.69, 9.17) is 11.6 Å². The van der Waals surface area contributed by atoms with Gasteiger partial charge in [-0.1, -0.05) is 11.6 Å². The van der Waals surface area contributed by atoms with Crippen LogP contribution in [0.15, 0.2) is 0 Å². The average molecular weight is 122 g/mol. The molecule has 0 amide bonds. The number of carbonyl (C=O) groups is 1. The zero-order valence-electron chi connectivity index (χ0n) is 3.98. The van der Waals surface area contributed by atoms with Crippen molar-refractivity contribution in [1.29, 1.82) is 0 Å². The topological polar surface area (TPSA) is 26.3 Å². The van der Waals surface area contributed by atoms with Crippen molar-refractivity contribution in [3.05, 3.63) is 6.92 Å². The zero-order valence-corrected chi connectivity index (χ0v) is 4.73. The van der Waals surface area contributed by atoms with Gasteiger partial charge in [-0.3, -0.25) is 4.79 Å². The highest BCUT2D eigenvalue weighted by molar-refractivity contribution is 6.20. The Labute approximate surface area is 47.4 Å². The van der Waals surface area contributed by atoms with Gasteiger partial charge in [-0.05, 0) is 6.92 Å². The lowest BCUT2D eigenvalue weighted by molar-refractivity contribution is -0.139. The highest BCUT2D eigenvalue weighted by Gasteiger charge is 1.96. The van der Waals surface area contributed by atoms with Crippen LogP contribution in [0.4, 0.5) is 0 Å². The lowest BCUT2D eigenvalue weighted by atomic mass is 10.8. The Morgan fingerprint density at radius 3 is 2.43 bits per heavy atom. The van der Waals surface area contributed by atoms with E-state index in [1.807, 2.05) is 0 Å². The molecule has 1 unspecified atom stereocenters. The van der Waals surface area contributed by atoms with Crippen LogP contribution in [0.5, 0.6) is 0 Å². The summed E-state index contributed by atoms with van der Waals surface area (Å²) in [5, 5.41) is 0. The van der Waals surface area contributed by atoms with Crippen LogP contribution in [0.2, 0.25) is 0 Å². The van der Waals surface area contributed by atoms with Crippen molar-refractivity contribution >= 4 is 17.6 Å². The molecule has 0 aliphatic heterocycles. The first-order valence-electron chi connectivity index (χ1n) is 1.79. The van der Waals surface area contributed by atoms with Crippen molar-refractivity contribution in [2.75, 3.05) is 0 Å². The van der Waals surface area contributed by atoms with E-state index in [2.05, 4.69) is 11.7 Å². The molecule has 0 saturated carbocycles. The summed E-state index contributed by atoms with van der Waals surface area (Å²) in [6.07, 6.45) is 0. The highest BCUT2D eigenvalue weighted by atomic mass is 35.5. The lowest BCUT2D eigenvalue weighted by Crippen LogP contribution is -2.04. The SMILES string of the molecule is [CH2]C(=O)OC(C)Cl. The fourth-order valence-corrected chi connectivity index (χ4v) is 0.280. The minimum atomic E-state index is -0.595. The molecule has 0 rings (SSSR count). The van der Waals surface area contributed by atoms with Gasteiger partial charge in [0.05, 0.1) is 6.92 Å². The molecule has 0 saturated heterocycles. The number of esters is 1. The fourth-order valence-electron chi connectivity index (χ4n) is 0.181. The molecule has 0 spiro atoms. The number of ether oxygens (including phenoxy) is 1. The van der Waals surface area contributed by atoms with E-state index in [9.17, 15) is 4.79 Å². The maximum atomic E-state index is 9.84.